The van der Waals surface area contributed by atoms with Crippen LogP contribution < -0.4 is 16.0 Å². The Labute approximate surface area is 214 Å². The van der Waals surface area contributed by atoms with Crippen molar-refractivity contribution in [2.24, 2.45) is 4.99 Å². The lowest BCUT2D eigenvalue weighted by Crippen LogP contribution is -2.57. The molecule has 0 spiro atoms. The SMILES string of the molecule is CCNC(=NCc1ccc(-n2ccnc2)nc1)NCC(CC)(CC)NC(=O)OC(C)(C)C.I. The molecule has 33 heavy (non-hydrogen) atoms. The molecule has 0 aromatic carbocycles. The second kappa shape index (κ2) is 13.4. The highest BCUT2D eigenvalue weighted by Crippen LogP contribution is 2.16. The van der Waals surface area contributed by atoms with Gasteiger partial charge < -0.3 is 20.7 Å². The molecule has 9 nitrogen and oxygen atoms in total. The Hall–Kier alpha value is -2.37. The number of nitrogens with one attached hydrogen (secondary N) is 3. The number of amides is 1. The van der Waals surface area contributed by atoms with Crippen molar-refractivity contribution in [2.45, 2.75) is 72.1 Å². The molecule has 0 aliphatic carbocycles. The zero-order valence-electron chi connectivity index (χ0n) is 20.5. The third-order valence-electron chi connectivity index (χ3n) is 5.06. The molecule has 0 bridgehead atoms. The van der Waals surface area contributed by atoms with Gasteiger partial charge in [-0.05, 0) is 52.2 Å². The van der Waals surface area contributed by atoms with Gasteiger partial charge in [-0.15, -0.1) is 24.0 Å². The molecule has 184 valence electrons. The maximum Gasteiger partial charge on any atom is 0.408 e. The van der Waals surface area contributed by atoms with Crippen molar-refractivity contribution in [1.82, 2.24) is 30.5 Å². The van der Waals surface area contributed by atoms with Crippen molar-refractivity contribution in [3.8, 4) is 5.82 Å². The van der Waals surface area contributed by atoms with Crippen LogP contribution in [0, 0.1) is 0 Å². The highest BCUT2D eigenvalue weighted by molar-refractivity contribution is 14.0. The normalized spacial score (nSPS) is 12.0. The van der Waals surface area contributed by atoms with Crippen LogP contribution in [0.15, 0.2) is 42.0 Å². The molecule has 2 aromatic heterocycles. The summed E-state index contributed by atoms with van der Waals surface area (Å²) in [5.41, 5.74) is 0.0185. The first-order valence-corrected chi connectivity index (χ1v) is 11.2. The van der Waals surface area contributed by atoms with Crippen LogP contribution in [0.25, 0.3) is 5.82 Å². The van der Waals surface area contributed by atoms with Crippen LogP contribution in [-0.2, 0) is 11.3 Å². The minimum absolute atomic E-state index is 0. The predicted octanol–water partition coefficient (Wildman–Crippen LogP) is 4.02. The van der Waals surface area contributed by atoms with E-state index >= 15 is 0 Å². The molecule has 2 rings (SSSR count). The molecule has 0 unspecified atom stereocenters. The van der Waals surface area contributed by atoms with E-state index in [1.807, 2.05) is 56.8 Å². The Kier molecular flexibility index (Phi) is 11.6. The van der Waals surface area contributed by atoms with Gasteiger partial charge in [0.1, 0.15) is 17.7 Å². The number of hydrogen-bond donors (Lipinski definition) is 3. The quantitative estimate of drug-likeness (QED) is 0.239. The van der Waals surface area contributed by atoms with Crippen molar-refractivity contribution in [2.75, 3.05) is 13.1 Å². The van der Waals surface area contributed by atoms with E-state index in [2.05, 4.69) is 44.8 Å². The number of hydrogen-bond acceptors (Lipinski definition) is 5. The molecular weight excluding hydrogens is 533 g/mol. The number of rotatable bonds is 9. The summed E-state index contributed by atoms with van der Waals surface area (Å²) in [5.74, 6) is 1.49. The molecule has 10 heteroatoms. The molecule has 0 saturated heterocycles. The van der Waals surface area contributed by atoms with Gasteiger partial charge >= 0.3 is 6.09 Å². The largest absolute Gasteiger partial charge is 0.444 e. The van der Waals surface area contributed by atoms with E-state index in [4.69, 9.17) is 4.74 Å². The lowest BCUT2D eigenvalue weighted by molar-refractivity contribution is 0.0448. The van der Waals surface area contributed by atoms with Gasteiger partial charge in [0, 0.05) is 31.7 Å². The van der Waals surface area contributed by atoms with Gasteiger partial charge in [0.25, 0.3) is 0 Å². The van der Waals surface area contributed by atoms with Crippen LogP contribution in [0.1, 0.15) is 59.9 Å². The molecule has 2 aromatic rings. The Bertz CT molecular complexity index is 858. The number of aromatic nitrogens is 3. The van der Waals surface area contributed by atoms with Crippen LogP contribution in [0.2, 0.25) is 0 Å². The summed E-state index contributed by atoms with van der Waals surface area (Å²) in [5, 5.41) is 9.69. The first kappa shape index (κ1) is 28.7. The second-order valence-electron chi connectivity index (χ2n) is 8.66. The molecule has 1 amide bonds. The Morgan fingerprint density at radius 1 is 1.15 bits per heavy atom. The second-order valence-corrected chi connectivity index (χ2v) is 8.66. The molecule has 0 aliphatic rings. The van der Waals surface area contributed by atoms with E-state index in [-0.39, 0.29) is 24.0 Å². The number of pyridine rings is 1. The van der Waals surface area contributed by atoms with E-state index in [1.54, 1.807) is 12.5 Å². The fraction of sp³-hybridized carbons (Fsp3) is 0.565. The van der Waals surface area contributed by atoms with Gasteiger partial charge in [0.05, 0.1) is 12.1 Å². The van der Waals surface area contributed by atoms with Crippen molar-refractivity contribution in [3.63, 3.8) is 0 Å². The van der Waals surface area contributed by atoms with Crippen LogP contribution in [0.3, 0.4) is 0 Å². The number of imidazole rings is 1. The summed E-state index contributed by atoms with van der Waals surface area (Å²) >= 11 is 0. The summed E-state index contributed by atoms with van der Waals surface area (Å²) in [6, 6.07) is 3.94. The summed E-state index contributed by atoms with van der Waals surface area (Å²) in [7, 11) is 0. The van der Waals surface area contributed by atoms with E-state index in [0.29, 0.717) is 19.0 Å². The first-order chi connectivity index (χ1) is 15.2. The van der Waals surface area contributed by atoms with Crippen molar-refractivity contribution in [1.29, 1.82) is 0 Å². The number of carbonyl (C=O) groups is 1. The molecular formula is C23H38IN7O2. The maximum atomic E-state index is 12.4. The van der Waals surface area contributed by atoms with Gasteiger partial charge in [0.2, 0.25) is 0 Å². The number of guanidine groups is 1. The van der Waals surface area contributed by atoms with Crippen molar-refractivity contribution < 1.29 is 9.53 Å². The maximum absolute atomic E-state index is 12.4. The Balaban J connectivity index is 0.00000544. The summed E-state index contributed by atoms with van der Waals surface area (Å²) in [6.07, 6.45) is 8.21. The highest BCUT2D eigenvalue weighted by Gasteiger charge is 2.30. The monoisotopic (exact) mass is 571 g/mol. The molecule has 0 saturated carbocycles. The van der Waals surface area contributed by atoms with Crippen LogP contribution in [0.4, 0.5) is 4.79 Å². The number of carbonyl (C=O) groups excluding carboxylic acids is 1. The summed E-state index contributed by atoms with van der Waals surface area (Å²) in [4.78, 5) is 25.6. The summed E-state index contributed by atoms with van der Waals surface area (Å²) < 4.78 is 7.31. The molecule has 3 N–H and O–H groups in total. The topological polar surface area (TPSA) is 105 Å². The van der Waals surface area contributed by atoms with Gasteiger partial charge in [0.15, 0.2) is 5.96 Å². The standard InChI is InChI=1S/C23H37N7O2.HI/c1-7-23(8-2,29-21(31)32-22(4,5)6)16-28-20(25-9-3)27-15-18-10-11-19(26-14-18)30-13-12-24-17-30;/h10-14,17H,7-9,15-16H2,1-6H3,(H,29,31)(H2,25,27,28);1H. The lowest BCUT2D eigenvalue weighted by atomic mass is 9.93. The van der Waals surface area contributed by atoms with Crippen molar-refractivity contribution in [3.05, 3.63) is 42.6 Å². The number of alkyl carbamates (subject to hydrolysis) is 1. The van der Waals surface area contributed by atoms with Gasteiger partial charge in [-0.25, -0.2) is 19.8 Å². The molecule has 2 heterocycles. The van der Waals surface area contributed by atoms with E-state index in [0.717, 1.165) is 30.8 Å². The Morgan fingerprint density at radius 2 is 1.88 bits per heavy atom. The third-order valence-corrected chi connectivity index (χ3v) is 5.06. The highest BCUT2D eigenvalue weighted by atomic mass is 127. The average Bonchev–Trinajstić information content (AvgIpc) is 3.28. The van der Waals surface area contributed by atoms with Crippen LogP contribution in [0.5, 0.6) is 0 Å². The van der Waals surface area contributed by atoms with Crippen molar-refractivity contribution >= 4 is 36.0 Å². The minimum atomic E-state index is -0.539. The number of aliphatic imine (C=N–C) groups is 1. The van der Waals surface area contributed by atoms with Gasteiger partial charge in [-0.3, -0.25) is 4.57 Å². The summed E-state index contributed by atoms with van der Waals surface area (Å²) in [6.45, 7) is 13.4. The van der Waals surface area contributed by atoms with E-state index < -0.39 is 17.2 Å². The zero-order chi connectivity index (χ0) is 23.6. The Morgan fingerprint density at radius 3 is 2.39 bits per heavy atom. The number of ether oxygens (including phenoxy) is 1. The first-order valence-electron chi connectivity index (χ1n) is 11.2. The molecule has 0 radical (unpaired) electrons. The predicted molar refractivity (Wildman–Crippen MR) is 142 cm³/mol. The van der Waals surface area contributed by atoms with Gasteiger partial charge in [-0.1, -0.05) is 19.9 Å². The van der Waals surface area contributed by atoms with Crippen LogP contribution >= 0.6 is 24.0 Å². The van der Waals surface area contributed by atoms with E-state index in [9.17, 15) is 4.79 Å². The fourth-order valence-electron chi connectivity index (χ4n) is 3.06. The molecule has 0 aliphatic heterocycles. The smallest absolute Gasteiger partial charge is 0.408 e. The average molecular weight is 572 g/mol. The minimum Gasteiger partial charge on any atom is -0.444 e. The third kappa shape index (κ3) is 9.56. The van der Waals surface area contributed by atoms with Gasteiger partial charge in [-0.2, -0.15) is 0 Å². The number of halogens is 1. The lowest BCUT2D eigenvalue weighted by Gasteiger charge is -2.34. The molecule has 0 atom stereocenters. The van der Waals surface area contributed by atoms with Crippen LogP contribution in [-0.4, -0.2) is 50.8 Å². The van der Waals surface area contributed by atoms with E-state index in [1.165, 1.54) is 0 Å². The fourth-order valence-corrected chi connectivity index (χ4v) is 3.06. The molecule has 0 fully saturated rings. The number of nitrogens with zero attached hydrogens (tertiary/aromatic N) is 4. The zero-order valence-corrected chi connectivity index (χ0v) is 22.8.